The van der Waals surface area contributed by atoms with Crippen LogP contribution in [0.1, 0.15) is 19.5 Å². The van der Waals surface area contributed by atoms with Crippen molar-refractivity contribution in [2.24, 2.45) is 5.92 Å². The Morgan fingerprint density at radius 3 is 2.94 bits per heavy atom. The van der Waals surface area contributed by atoms with Crippen LogP contribution in [0.5, 0.6) is 0 Å². The lowest BCUT2D eigenvalue weighted by molar-refractivity contribution is -0.123. The Hall–Kier alpha value is -1.55. The Bertz CT molecular complexity index is 562. The van der Waals surface area contributed by atoms with Gasteiger partial charge in [0.05, 0.1) is 10.7 Å². The molecule has 0 bridgehead atoms. The van der Waals surface area contributed by atoms with Crippen molar-refractivity contribution < 1.29 is 4.79 Å². The molecule has 1 amide bonds. The summed E-state index contributed by atoms with van der Waals surface area (Å²) in [7, 11) is 0. The fraction of sp³-hybridized carbons (Fsp3) is 0.385. The molecule has 2 aromatic rings. The number of pyridine rings is 1. The monoisotopic (exact) mass is 265 g/mol. The first-order chi connectivity index (χ1) is 8.56. The molecular weight excluding hydrogens is 250 g/mol. The third-order valence-corrected chi connectivity index (χ3v) is 2.89. The lowest BCUT2D eigenvalue weighted by Crippen LogP contribution is -2.29. The van der Waals surface area contributed by atoms with Gasteiger partial charge in [-0.15, -0.1) is 0 Å². The minimum Gasteiger partial charge on any atom is -0.355 e. The topological polar surface area (TPSA) is 46.4 Å². The van der Waals surface area contributed by atoms with Gasteiger partial charge in [0.1, 0.15) is 5.65 Å². The molecule has 0 aliphatic rings. The maximum atomic E-state index is 11.4. The van der Waals surface area contributed by atoms with E-state index < -0.39 is 0 Å². The summed E-state index contributed by atoms with van der Waals surface area (Å²) < 4.78 is 1.89. The number of amides is 1. The summed E-state index contributed by atoms with van der Waals surface area (Å²) in [6, 6.07) is 3.69. The zero-order valence-corrected chi connectivity index (χ0v) is 11.2. The van der Waals surface area contributed by atoms with Crippen molar-refractivity contribution in [3.05, 3.63) is 35.2 Å². The summed E-state index contributed by atoms with van der Waals surface area (Å²) in [6.45, 7) is 4.36. The molecule has 0 saturated heterocycles. The van der Waals surface area contributed by atoms with E-state index in [9.17, 15) is 4.79 Å². The molecule has 0 aliphatic heterocycles. The second-order valence-corrected chi connectivity index (χ2v) is 4.98. The van der Waals surface area contributed by atoms with Crippen molar-refractivity contribution in [2.75, 3.05) is 6.54 Å². The van der Waals surface area contributed by atoms with Crippen LogP contribution in [0.4, 0.5) is 0 Å². The molecule has 0 atom stereocenters. The average Bonchev–Trinajstić information content (AvgIpc) is 2.70. The van der Waals surface area contributed by atoms with Gasteiger partial charge in [0, 0.05) is 31.3 Å². The van der Waals surface area contributed by atoms with E-state index in [0.29, 0.717) is 11.6 Å². The molecule has 2 aromatic heterocycles. The van der Waals surface area contributed by atoms with Gasteiger partial charge in [-0.2, -0.15) is 0 Å². The van der Waals surface area contributed by atoms with E-state index in [1.54, 1.807) is 0 Å². The largest absolute Gasteiger partial charge is 0.355 e. The number of aromatic nitrogens is 2. The smallest absolute Gasteiger partial charge is 0.222 e. The predicted molar refractivity (Wildman–Crippen MR) is 71.8 cm³/mol. The third-order valence-electron chi connectivity index (χ3n) is 2.67. The molecule has 0 spiro atoms. The molecule has 0 unspecified atom stereocenters. The van der Waals surface area contributed by atoms with Gasteiger partial charge in [-0.25, -0.2) is 4.98 Å². The average molecular weight is 266 g/mol. The van der Waals surface area contributed by atoms with Gasteiger partial charge in [0.25, 0.3) is 0 Å². The lowest BCUT2D eigenvalue weighted by atomic mass is 10.2. The molecule has 0 radical (unpaired) electrons. The van der Waals surface area contributed by atoms with Crippen molar-refractivity contribution in [3.63, 3.8) is 0 Å². The number of carbonyl (C=O) groups is 1. The summed E-state index contributed by atoms with van der Waals surface area (Å²) in [6.07, 6.45) is 4.47. The van der Waals surface area contributed by atoms with Crippen LogP contribution in [-0.2, 0) is 11.2 Å². The molecule has 5 heteroatoms. The van der Waals surface area contributed by atoms with Gasteiger partial charge in [-0.3, -0.25) is 4.79 Å². The number of imidazole rings is 1. The van der Waals surface area contributed by atoms with Crippen LogP contribution in [0.3, 0.4) is 0 Å². The first-order valence-electron chi connectivity index (χ1n) is 5.97. The van der Waals surface area contributed by atoms with Gasteiger partial charge >= 0.3 is 0 Å². The highest BCUT2D eigenvalue weighted by molar-refractivity contribution is 6.30. The zero-order valence-electron chi connectivity index (χ0n) is 10.5. The number of halogens is 1. The van der Waals surface area contributed by atoms with Crippen molar-refractivity contribution >= 4 is 23.2 Å². The number of carbonyl (C=O) groups excluding carboxylic acids is 1. The van der Waals surface area contributed by atoms with Gasteiger partial charge in [0.15, 0.2) is 0 Å². The molecule has 1 N–H and O–H groups in total. The van der Waals surface area contributed by atoms with E-state index in [-0.39, 0.29) is 11.8 Å². The van der Waals surface area contributed by atoms with Crippen LogP contribution in [0.15, 0.2) is 24.5 Å². The van der Waals surface area contributed by atoms with Gasteiger partial charge < -0.3 is 9.72 Å². The second-order valence-electron chi connectivity index (χ2n) is 4.54. The highest BCUT2D eigenvalue weighted by Gasteiger charge is 2.06. The van der Waals surface area contributed by atoms with E-state index in [1.165, 1.54) is 0 Å². The van der Waals surface area contributed by atoms with Crippen LogP contribution in [-0.4, -0.2) is 21.8 Å². The minimum atomic E-state index is 0.0184. The molecule has 0 fully saturated rings. The summed E-state index contributed by atoms with van der Waals surface area (Å²) >= 11 is 5.90. The first-order valence-corrected chi connectivity index (χ1v) is 6.35. The van der Waals surface area contributed by atoms with Crippen LogP contribution in [0.2, 0.25) is 5.02 Å². The zero-order chi connectivity index (χ0) is 13.1. The Morgan fingerprint density at radius 1 is 1.44 bits per heavy atom. The highest BCUT2D eigenvalue weighted by Crippen LogP contribution is 2.11. The van der Waals surface area contributed by atoms with E-state index in [1.807, 2.05) is 42.8 Å². The maximum Gasteiger partial charge on any atom is 0.222 e. The Morgan fingerprint density at radius 2 is 2.22 bits per heavy atom. The number of hydrogen-bond acceptors (Lipinski definition) is 2. The Kier molecular flexibility index (Phi) is 3.87. The van der Waals surface area contributed by atoms with Gasteiger partial charge in [0.2, 0.25) is 5.91 Å². The first kappa shape index (κ1) is 12.9. The fourth-order valence-electron chi connectivity index (χ4n) is 1.66. The van der Waals surface area contributed by atoms with Gasteiger partial charge in [-0.1, -0.05) is 25.4 Å². The molecule has 0 aliphatic carbocycles. The Balaban J connectivity index is 1.98. The van der Waals surface area contributed by atoms with Crippen molar-refractivity contribution in [1.82, 2.24) is 14.7 Å². The second kappa shape index (κ2) is 5.40. The molecular formula is C13H16ClN3O. The number of hydrogen-bond donors (Lipinski definition) is 1. The summed E-state index contributed by atoms with van der Waals surface area (Å²) in [5.74, 6) is 0.0895. The number of nitrogens with zero attached hydrogens (tertiary/aromatic N) is 2. The van der Waals surface area contributed by atoms with Gasteiger partial charge in [-0.05, 0) is 12.1 Å². The Labute approximate surface area is 111 Å². The lowest BCUT2D eigenvalue weighted by Gasteiger charge is -2.05. The van der Waals surface area contributed by atoms with Crippen molar-refractivity contribution in [1.29, 1.82) is 0 Å². The van der Waals surface area contributed by atoms with Crippen LogP contribution in [0.25, 0.3) is 5.65 Å². The molecule has 2 heterocycles. The fourth-order valence-corrected chi connectivity index (χ4v) is 1.82. The number of fused-ring (bicyclic) bond motifs is 1. The molecule has 2 rings (SSSR count). The van der Waals surface area contributed by atoms with Crippen LogP contribution in [0, 0.1) is 5.92 Å². The van der Waals surface area contributed by atoms with E-state index in [2.05, 4.69) is 10.3 Å². The molecule has 18 heavy (non-hydrogen) atoms. The number of rotatable bonds is 4. The van der Waals surface area contributed by atoms with Crippen LogP contribution < -0.4 is 5.32 Å². The van der Waals surface area contributed by atoms with Crippen molar-refractivity contribution in [3.8, 4) is 0 Å². The van der Waals surface area contributed by atoms with Crippen molar-refractivity contribution in [2.45, 2.75) is 20.3 Å². The van der Waals surface area contributed by atoms with E-state index in [4.69, 9.17) is 11.6 Å². The predicted octanol–water partition coefficient (Wildman–Crippen LogP) is 2.30. The number of nitrogens with one attached hydrogen (secondary N) is 1. The molecule has 4 nitrogen and oxygen atoms in total. The maximum absolute atomic E-state index is 11.4. The SMILES string of the molecule is CC(C)C(=O)NCCc1cn2cc(Cl)ccc2n1. The standard InChI is InChI=1S/C13H16ClN3O/c1-9(2)13(18)15-6-5-11-8-17-7-10(14)3-4-12(17)16-11/h3-4,7-9H,5-6H2,1-2H3,(H,15,18). The van der Waals surface area contributed by atoms with E-state index in [0.717, 1.165) is 17.8 Å². The van der Waals surface area contributed by atoms with Crippen LogP contribution >= 0.6 is 11.6 Å². The molecule has 0 aromatic carbocycles. The summed E-state index contributed by atoms with van der Waals surface area (Å²) in [5.41, 5.74) is 1.81. The summed E-state index contributed by atoms with van der Waals surface area (Å²) in [5, 5.41) is 3.55. The molecule has 0 saturated carbocycles. The molecule has 96 valence electrons. The summed E-state index contributed by atoms with van der Waals surface area (Å²) in [4.78, 5) is 15.8. The normalized spacial score (nSPS) is 11.1. The quantitative estimate of drug-likeness (QED) is 0.922. The third kappa shape index (κ3) is 3.01. The van der Waals surface area contributed by atoms with E-state index >= 15 is 0 Å². The minimum absolute atomic E-state index is 0.0184. The highest BCUT2D eigenvalue weighted by atomic mass is 35.5.